The van der Waals surface area contributed by atoms with Crippen LogP contribution < -0.4 is 5.32 Å². The summed E-state index contributed by atoms with van der Waals surface area (Å²) in [5, 5.41) is 2.66. The van der Waals surface area contributed by atoms with Gasteiger partial charge in [-0.3, -0.25) is 4.79 Å². The topological polar surface area (TPSA) is 113 Å². The van der Waals surface area contributed by atoms with Crippen molar-refractivity contribution in [3.8, 4) is 0 Å². The molecule has 2 heterocycles. The van der Waals surface area contributed by atoms with Crippen LogP contribution in [0.2, 0.25) is 0 Å². The highest BCUT2D eigenvalue weighted by molar-refractivity contribution is 7.89. The molecule has 0 bridgehead atoms. The Morgan fingerprint density at radius 1 is 1.04 bits per heavy atom. The zero-order valence-electron chi connectivity index (χ0n) is 13.8. The van der Waals surface area contributed by atoms with Gasteiger partial charge in [0.25, 0.3) is 0 Å². The SMILES string of the molecule is CS(=O)(=O)N1CCC(C(=O)NCCS(=O)(=O)N2CCOCC2)CC1. The molecule has 0 spiro atoms. The number of rotatable bonds is 6. The van der Waals surface area contributed by atoms with Gasteiger partial charge in [-0.25, -0.2) is 21.1 Å². The number of carbonyl (C=O) groups excluding carboxylic acids is 1. The van der Waals surface area contributed by atoms with Crippen molar-refractivity contribution in [1.82, 2.24) is 13.9 Å². The normalized spacial score (nSPS) is 22.4. The second kappa shape index (κ2) is 8.09. The van der Waals surface area contributed by atoms with Gasteiger partial charge < -0.3 is 10.1 Å². The van der Waals surface area contributed by atoms with Crippen molar-refractivity contribution in [3.05, 3.63) is 0 Å². The summed E-state index contributed by atoms with van der Waals surface area (Å²) in [6, 6.07) is 0. The zero-order chi connectivity index (χ0) is 17.8. The van der Waals surface area contributed by atoms with Crippen LogP contribution in [0.3, 0.4) is 0 Å². The number of hydrogen-bond donors (Lipinski definition) is 1. The smallest absolute Gasteiger partial charge is 0.223 e. The molecule has 140 valence electrons. The van der Waals surface area contributed by atoms with E-state index in [0.29, 0.717) is 52.2 Å². The summed E-state index contributed by atoms with van der Waals surface area (Å²) in [6.45, 7) is 2.19. The largest absolute Gasteiger partial charge is 0.379 e. The van der Waals surface area contributed by atoms with E-state index in [4.69, 9.17) is 4.74 Å². The molecule has 24 heavy (non-hydrogen) atoms. The van der Waals surface area contributed by atoms with E-state index in [9.17, 15) is 21.6 Å². The van der Waals surface area contributed by atoms with Crippen molar-refractivity contribution < 1.29 is 26.4 Å². The van der Waals surface area contributed by atoms with Crippen molar-refractivity contribution in [3.63, 3.8) is 0 Å². The fourth-order valence-electron chi connectivity index (χ4n) is 2.85. The Morgan fingerprint density at radius 2 is 1.62 bits per heavy atom. The Kier molecular flexibility index (Phi) is 6.59. The van der Waals surface area contributed by atoms with Gasteiger partial charge in [0.1, 0.15) is 0 Å². The average molecular weight is 383 g/mol. The van der Waals surface area contributed by atoms with E-state index < -0.39 is 20.0 Å². The minimum Gasteiger partial charge on any atom is -0.379 e. The predicted molar refractivity (Wildman–Crippen MR) is 88.3 cm³/mol. The van der Waals surface area contributed by atoms with Crippen LogP contribution in [0.15, 0.2) is 0 Å². The monoisotopic (exact) mass is 383 g/mol. The van der Waals surface area contributed by atoms with Gasteiger partial charge >= 0.3 is 0 Å². The quantitative estimate of drug-likeness (QED) is 0.593. The molecule has 0 unspecified atom stereocenters. The Labute approximate surface area is 143 Å². The van der Waals surface area contributed by atoms with Gasteiger partial charge in [0.05, 0.1) is 25.2 Å². The Balaban J connectivity index is 1.74. The van der Waals surface area contributed by atoms with Gasteiger partial charge in [-0.15, -0.1) is 0 Å². The lowest BCUT2D eigenvalue weighted by Gasteiger charge is -2.29. The Hall–Kier alpha value is -0.750. The molecule has 0 aliphatic carbocycles. The van der Waals surface area contributed by atoms with Gasteiger partial charge in [-0.2, -0.15) is 4.31 Å². The van der Waals surface area contributed by atoms with Crippen LogP contribution in [0.25, 0.3) is 0 Å². The van der Waals surface area contributed by atoms with Crippen LogP contribution in [0, 0.1) is 5.92 Å². The number of morpholine rings is 1. The van der Waals surface area contributed by atoms with Gasteiger partial charge in [0, 0.05) is 38.6 Å². The van der Waals surface area contributed by atoms with Gasteiger partial charge in [0.15, 0.2) is 0 Å². The Bertz CT molecular complexity index is 635. The molecule has 2 aliphatic heterocycles. The first-order valence-corrected chi connectivity index (χ1v) is 11.4. The third-order valence-electron chi connectivity index (χ3n) is 4.32. The maximum Gasteiger partial charge on any atom is 0.223 e. The molecule has 11 heteroatoms. The molecule has 1 N–H and O–H groups in total. The summed E-state index contributed by atoms with van der Waals surface area (Å²) in [7, 11) is -6.60. The summed E-state index contributed by atoms with van der Waals surface area (Å²) >= 11 is 0. The third kappa shape index (κ3) is 5.38. The number of ether oxygens (including phenoxy) is 1. The predicted octanol–water partition coefficient (Wildman–Crippen LogP) is -1.56. The number of nitrogens with one attached hydrogen (secondary N) is 1. The molecule has 2 fully saturated rings. The zero-order valence-corrected chi connectivity index (χ0v) is 15.4. The molecule has 1 amide bonds. The maximum absolute atomic E-state index is 12.1. The number of amides is 1. The molecule has 0 saturated carbocycles. The number of hydrogen-bond acceptors (Lipinski definition) is 6. The fourth-order valence-corrected chi connectivity index (χ4v) is 5.05. The molecule has 0 aromatic heterocycles. The molecule has 0 atom stereocenters. The highest BCUT2D eigenvalue weighted by Crippen LogP contribution is 2.19. The van der Waals surface area contributed by atoms with Crippen molar-refractivity contribution >= 4 is 26.0 Å². The molecule has 9 nitrogen and oxygen atoms in total. The summed E-state index contributed by atoms with van der Waals surface area (Å²) < 4.78 is 55.0. The second-order valence-electron chi connectivity index (χ2n) is 6.05. The maximum atomic E-state index is 12.1. The fraction of sp³-hybridized carbons (Fsp3) is 0.923. The highest BCUT2D eigenvalue weighted by Gasteiger charge is 2.29. The summed E-state index contributed by atoms with van der Waals surface area (Å²) in [5.74, 6) is -0.615. The summed E-state index contributed by atoms with van der Waals surface area (Å²) in [6.07, 6.45) is 2.06. The second-order valence-corrected chi connectivity index (χ2v) is 10.1. The van der Waals surface area contributed by atoms with Crippen molar-refractivity contribution in [2.75, 3.05) is 57.9 Å². The van der Waals surface area contributed by atoms with Crippen LogP contribution >= 0.6 is 0 Å². The number of piperidine rings is 1. The lowest BCUT2D eigenvalue weighted by molar-refractivity contribution is -0.125. The third-order valence-corrected chi connectivity index (χ3v) is 7.49. The van der Waals surface area contributed by atoms with Gasteiger partial charge in [-0.05, 0) is 12.8 Å². The van der Waals surface area contributed by atoms with E-state index in [-0.39, 0.29) is 24.1 Å². The lowest BCUT2D eigenvalue weighted by Crippen LogP contribution is -2.45. The van der Waals surface area contributed by atoms with Crippen LogP contribution in [0.1, 0.15) is 12.8 Å². The molecule has 2 saturated heterocycles. The number of nitrogens with zero attached hydrogens (tertiary/aromatic N) is 2. The standard InChI is InChI=1S/C13H25N3O6S2/c1-23(18,19)15-5-2-12(3-6-15)13(17)14-4-11-24(20,21)16-7-9-22-10-8-16/h12H,2-11H2,1H3,(H,14,17). The van der Waals surface area contributed by atoms with Crippen LogP contribution in [-0.2, 0) is 29.6 Å². The Morgan fingerprint density at radius 3 is 2.17 bits per heavy atom. The van der Waals surface area contributed by atoms with E-state index in [0.717, 1.165) is 6.26 Å². The van der Waals surface area contributed by atoms with Crippen molar-refractivity contribution in [2.45, 2.75) is 12.8 Å². The van der Waals surface area contributed by atoms with Gasteiger partial charge in [-0.1, -0.05) is 0 Å². The number of carbonyl (C=O) groups is 1. The van der Waals surface area contributed by atoms with Crippen LogP contribution in [0.5, 0.6) is 0 Å². The molecule has 2 rings (SSSR count). The van der Waals surface area contributed by atoms with Crippen molar-refractivity contribution in [2.24, 2.45) is 5.92 Å². The van der Waals surface area contributed by atoms with E-state index in [1.165, 1.54) is 8.61 Å². The van der Waals surface area contributed by atoms with Crippen LogP contribution in [-0.4, -0.2) is 89.3 Å². The minimum atomic E-state index is -3.39. The van der Waals surface area contributed by atoms with Gasteiger partial charge in [0.2, 0.25) is 26.0 Å². The molecular weight excluding hydrogens is 358 g/mol. The van der Waals surface area contributed by atoms with E-state index in [2.05, 4.69) is 5.32 Å². The first-order valence-electron chi connectivity index (χ1n) is 7.98. The minimum absolute atomic E-state index is 0.0603. The lowest BCUT2D eigenvalue weighted by atomic mass is 9.97. The first kappa shape index (κ1) is 19.6. The molecule has 0 aromatic carbocycles. The number of sulfonamides is 2. The summed E-state index contributed by atoms with van der Waals surface area (Å²) in [4.78, 5) is 12.1. The molecular formula is C13H25N3O6S2. The molecule has 0 radical (unpaired) electrons. The average Bonchev–Trinajstić information content (AvgIpc) is 2.55. The first-order chi connectivity index (χ1) is 11.2. The molecule has 2 aliphatic rings. The molecule has 0 aromatic rings. The highest BCUT2D eigenvalue weighted by atomic mass is 32.2. The van der Waals surface area contributed by atoms with Crippen molar-refractivity contribution in [1.29, 1.82) is 0 Å². The summed E-state index contributed by atoms with van der Waals surface area (Å²) in [5.41, 5.74) is 0. The van der Waals surface area contributed by atoms with E-state index in [1.54, 1.807) is 0 Å². The van der Waals surface area contributed by atoms with E-state index >= 15 is 0 Å². The van der Waals surface area contributed by atoms with Crippen LogP contribution in [0.4, 0.5) is 0 Å². The van der Waals surface area contributed by atoms with E-state index in [1.807, 2.05) is 0 Å².